The molecule has 2 aromatic carbocycles. The second kappa shape index (κ2) is 7.19. The number of likely N-dealkylation sites (tertiary alicyclic amines) is 1. The minimum atomic E-state index is -1.73. The van der Waals surface area contributed by atoms with Crippen LogP contribution in [0.15, 0.2) is 48.5 Å². The molecular formula is C27H25NO5. The van der Waals surface area contributed by atoms with Crippen LogP contribution in [-0.2, 0) is 14.3 Å². The number of rotatable bonds is 2. The maximum absolute atomic E-state index is 14.1. The zero-order valence-electron chi connectivity index (χ0n) is 18.5. The molecule has 6 rings (SSSR count). The fourth-order valence-electron chi connectivity index (χ4n) is 6.72. The molecule has 2 heterocycles. The van der Waals surface area contributed by atoms with E-state index in [4.69, 9.17) is 4.74 Å². The van der Waals surface area contributed by atoms with Gasteiger partial charge in [-0.25, -0.2) is 0 Å². The molecule has 0 N–H and O–H groups in total. The summed E-state index contributed by atoms with van der Waals surface area (Å²) in [7, 11) is 0. The zero-order chi connectivity index (χ0) is 22.9. The smallest absolute Gasteiger partial charge is 0.320 e. The van der Waals surface area contributed by atoms with Gasteiger partial charge in [-0.2, -0.15) is 0 Å². The first-order valence-corrected chi connectivity index (χ1v) is 11.8. The van der Waals surface area contributed by atoms with Crippen molar-refractivity contribution in [3.63, 3.8) is 0 Å². The van der Waals surface area contributed by atoms with E-state index >= 15 is 0 Å². The fraction of sp³-hybridized carbons (Fsp3) is 0.407. The molecule has 1 saturated carbocycles. The topological polar surface area (TPSA) is 80.8 Å². The number of carbonyl (C=O) groups is 4. The summed E-state index contributed by atoms with van der Waals surface area (Å²) in [4.78, 5) is 56.5. The van der Waals surface area contributed by atoms with Crippen molar-refractivity contribution < 1.29 is 23.9 Å². The highest BCUT2D eigenvalue weighted by atomic mass is 16.6. The molecule has 1 spiro atoms. The number of nitrogens with zero attached hydrogens (tertiary/aromatic N) is 1. The normalized spacial score (nSPS) is 28.9. The lowest BCUT2D eigenvalue weighted by atomic mass is 9.75. The summed E-state index contributed by atoms with van der Waals surface area (Å²) in [5.41, 5.74) is 0.839. The van der Waals surface area contributed by atoms with Gasteiger partial charge in [0, 0.05) is 17.2 Å². The quantitative estimate of drug-likeness (QED) is 0.519. The fourth-order valence-corrected chi connectivity index (χ4v) is 6.72. The highest BCUT2D eigenvalue weighted by molar-refractivity contribution is 6.35. The number of hydrogen-bond donors (Lipinski definition) is 0. The molecule has 2 aromatic rings. The van der Waals surface area contributed by atoms with Crippen LogP contribution in [-0.4, -0.2) is 40.0 Å². The van der Waals surface area contributed by atoms with Crippen molar-refractivity contribution in [2.45, 2.75) is 56.7 Å². The van der Waals surface area contributed by atoms with E-state index in [1.54, 1.807) is 24.3 Å². The van der Waals surface area contributed by atoms with Gasteiger partial charge in [0.05, 0.1) is 12.0 Å². The number of hydrogen-bond acceptors (Lipinski definition) is 6. The van der Waals surface area contributed by atoms with Gasteiger partial charge in [-0.1, -0.05) is 73.4 Å². The maximum Gasteiger partial charge on any atom is 0.320 e. The molecule has 3 atom stereocenters. The number of carbonyl (C=O) groups excluding carboxylic acids is 4. The molecule has 0 radical (unpaired) electrons. The number of ketones is 2. The molecule has 0 amide bonds. The Morgan fingerprint density at radius 2 is 1.42 bits per heavy atom. The third-order valence-electron chi connectivity index (χ3n) is 8.08. The van der Waals surface area contributed by atoms with Crippen LogP contribution < -0.4 is 0 Å². The molecule has 0 aromatic heterocycles. The van der Waals surface area contributed by atoms with Crippen molar-refractivity contribution in [1.82, 2.24) is 4.90 Å². The van der Waals surface area contributed by atoms with E-state index < -0.39 is 35.4 Å². The average molecular weight is 443 g/mol. The van der Waals surface area contributed by atoms with Crippen LogP contribution >= 0.6 is 0 Å². The largest absolute Gasteiger partial charge is 0.393 e. The first-order valence-electron chi connectivity index (χ1n) is 11.8. The molecular weight excluding hydrogens is 418 g/mol. The van der Waals surface area contributed by atoms with Crippen molar-refractivity contribution in [3.05, 3.63) is 70.8 Å². The molecule has 3 fully saturated rings. The molecule has 2 aliphatic heterocycles. The molecule has 0 unspecified atom stereocenters. The van der Waals surface area contributed by atoms with Crippen LogP contribution in [0.1, 0.15) is 70.0 Å². The van der Waals surface area contributed by atoms with Gasteiger partial charge in [-0.15, -0.1) is 0 Å². The molecule has 168 valence electrons. The summed E-state index contributed by atoms with van der Waals surface area (Å²) in [6.07, 6.45) is 4.72. The summed E-state index contributed by atoms with van der Waals surface area (Å²) in [5.74, 6) is -4.15. The number of esters is 2. The van der Waals surface area contributed by atoms with E-state index in [0.29, 0.717) is 11.1 Å². The highest BCUT2D eigenvalue weighted by Crippen LogP contribution is 2.60. The second-order valence-corrected chi connectivity index (χ2v) is 9.77. The Hall–Kier alpha value is -3.12. The molecule has 0 bridgehead atoms. The lowest BCUT2D eigenvalue weighted by Crippen LogP contribution is -2.61. The number of benzene rings is 2. The molecule has 33 heavy (non-hydrogen) atoms. The molecule has 2 aliphatic carbocycles. The highest BCUT2D eigenvalue weighted by Gasteiger charge is 2.77. The van der Waals surface area contributed by atoms with Gasteiger partial charge >= 0.3 is 11.9 Å². The zero-order valence-corrected chi connectivity index (χ0v) is 18.5. The van der Waals surface area contributed by atoms with Crippen LogP contribution in [0.5, 0.6) is 0 Å². The van der Waals surface area contributed by atoms with Gasteiger partial charge in [-0.05, 0) is 25.3 Å². The molecule has 4 aliphatic rings. The summed E-state index contributed by atoms with van der Waals surface area (Å²) < 4.78 is 5.11. The van der Waals surface area contributed by atoms with Crippen molar-refractivity contribution in [3.8, 4) is 0 Å². The van der Waals surface area contributed by atoms with Crippen LogP contribution in [0.25, 0.3) is 0 Å². The average Bonchev–Trinajstić information content (AvgIpc) is 3.39. The predicted octanol–water partition coefficient (Wildman–Crippen LogP) is 3.82. The summed E-state index contributed by atoms with van der Waals surface area (Å²) in [6.45, 7) is 1.98. The van der Waals surface area contributed by atoms with Crippen LogP contribution in [0.2, 0.25) is 0 Å². The number of cyclic esters (lactones) is 2. The summed E-state index contributed by atoms with van der Waals surface area (Å²) in [5, 5.41) is 0. The monoisotopic (exact) mass is 443 g/mol. The maximum atomic E-state index is 14.1. The van der Waals surface area contributed by atoms with E-state index in [1.165, 1.54) is 0 Å². The third kappa shape index (κ3) is 2.58. The van der Waals surface area contributed by atoms with E-state index in [9.17, 15) is 19.2 Å². The van der Waals surface area contributed by atoms with E-state index in [1.807, 2.05) is 36.1 Å². The van der Waals surface area contributed by atoms with Crippen molar-refractivity contribution in [1.29, 1.82) is 0 Å². The Morgan fingerprint density at radius 3 is 2.03 bits per heavy atom. The Balaban J connectivity index is 1.62. The van der Waals surface area contributed by atoms with Crippen molar-refractivity contribution >= 4 is 23.5 Å². The number of Topliss-reactive ketones (excluding diaryl/α,β-unsaturated/α-hetero) is 2. The van der Waals surface area contributed by atoms with Crippen molar-refractivity contribution in [2.75, 3.05) is 0 Å². The Labute approximate surface area is 191 Å². The number of ether oxygens (including phenoxy) is 1. The van der Waals surface area contributed by atoms with Crippen LogP contribution in [0.4, 0.5) is 0 Å². The molecule has 6 heteroatoms. The summed E-state index contributed by atoms with van der Waals surface area (Å²) in [6, 6.07) is 13.9. The second-order valence-electron chi connectivity index (χ2n) is 9.77. The van der Waals surface area contributed by atoms with Gasteiger partial charge < -0.3 is 4.74 Å². The summed E-state index contributed by atoms with van der Waals surface area (Å²) >= 11 is 0. The van der Waals surface area contributed by atoms with Gasteiger partial charge in [-0.3, -0.25) is 24.1 Å². The van der Waals surface area contributed by atoms with Gasteiger partial charge in [0.25, 0.3) is 0 Å². The Kier molecular flexibility index (Phi) is 4.46. The standard InChI is InChI=1S/C27H25NO5/c1-15-11-13-16(14-12-15)22-20-21(26(32)33-25(20)31)27(28(22)17-7-3-2-4-8-17)23(29)18-9-5-6-10-19(18)24(27)30/h5-6,9-14,17,20-22H,2-4,7-8H2,1H3/t20-,21-,22+/m1/s1. The van der Waals surface area contributed by atoms with Gasteiger partial charge in [0.1, 0.15) is 5.92 Å². The minimum Gasteiger partial charge on any atom is -0.393 e. The molecule has 2 saturated heterocycles. The first kappa shape index (κ1) is 20.5. The van der Waals surface area contributed by atoms with E-state index in [0.717, 1.165) is 43.2 Å². The lowest BCUT2D eigenvalue weighted by Gasteiger charge is -2.44. The van der Waals surface area contributed by atoms with Crippen LogP contribution in [0.3, 0.4) is 0 Å². The Bertz CT molecular complexity index is 1160. The van der Waals surface area contributed by atoms with E-state index in [2.05, 4.69) is 0 Å². The number of aryl methyl sites for hydroxylation is 1. The van der Waals surface area contributed by atoms with Crippen molar-refractivity contribution in [2.24, 2.45) is 11.8 Å². The van der Waals surface area contributed by atoms with Crippen LogP contribution in [0, 0.1) is 18.8 Å². The minimum absolute atomic E-state index is 0.0709. The predicted molar refractivity (Wildman–Crippen MR) is 119 cm³/mol. The third-order valence-corrected chi connectivity index (χ3v) is 8.08. The Morgan fingerprint density at radius 1 is 0.818 bits per heavy atom. The molecule has 6 nitrogen and oxygen atoms in total. The van der Waals surface area contributed by atoms with Gasteiger partial charge in [0.2, 0.25) is 0 Å². The van der Waals surface area contributed by atoms with Gasteiger partial charge in [0.15, 0.2) is 17.1 Å². The first-order chi connectivity index (χ1) is 16.0. The van der Waals surface area contributed by atoms with E-state index in [-0.39, 0.29) is 17.6 Å². The lowest BCUT2D eigenvalue weighted by molar-refractivity contribution is -0.156. The number of fused-ring (bicyclic) bond motifs is 3. The SMILES string of the molecule is Cc1ccc([C@H]2[C@@H]3C(=O)OC(=O)[C@@H]3C3(C(=O)c4ccccc4C3=O)N2C2CCCCC2)cc1.